The maximum Gasteiger partial charge on any atom is 0.229 e. The Hall–Kier alpha value is -0.230. The van der Waals surface area contributed by atoms with Gasteiger partial charge in [-0.3, -0.25) is 4.79 Å². The molecule has 0 bridgehead atoms. The number of thiol groups is 1. The minimum absolute atomic E-state index is 0.0915. The lowest BCUT2D eigenvalue weighted by Crippen LogP contribution is -2.30. The third-order valence-electron chi connectivity index (χ3n) is 2.06. The van der Waals surface area contributed by atoms with Crippen molar-refractivity contribution < 1.29 is 13.2 Å². The zero-order chi connectivity index (χ0) is 9.90. The van der Waals surface area contributed by atoms with Gasteiger partial charge in [0.15, 0.2) is 9.84 Å². The van der Waals surface area contributed by atoms with Crippen molar-refractivity contribution in [1.29, 1.82) is 0 Å². The smallest absolute Gasteiger partial charge is 0.229 e. The number of carbonyl (C=O) groups is 1. The van der Waals surface area contributed by atoms with Crippen molar-refractivity contribution >= 4 is 28.4 Å². The van der Waals surface area contributed by atoms with E-state index >= 15 is 0 Å². The highest BCUT2D eigenvalue weighted by molar-refractivity contribution is 7.91. The molecule has 13 heavy (non-hydrogen) atoms. The molecule has 0 aromatic carbocycles. The van der Waals surface area contributed by atoms with E-state index in [-0.39, 0.29) is 29.1 Å². The van der Waals surface area contributed by atoms with E-state index in [1.54, 1.807) is 0 Å². The fourth-order valence-electron chi connectivity index (χ4n) is 1.35. The van der Waals surface area contributed by atoms with Crippen molar-refractivity contribution in [1.82, 2.24) is 5.32 Å². The molecule has 0 spiro atoms. The van der Waals surface area contributed by atoms with E-state index in [0.717, 1.165) is 0 Å². The molecule has 0 radical (unpaired) electrons. The summed E-state index contributed by atoms with van der Waals surface area (Å²) >= 11 is 3.80. The Morgan fingerprint density at radius 2 is 2.23 bits per heavy atom. The number of sulfone groups is 1. The standard InChI is InChI=1S/C7H13NO3S2/c9-7(4-12)8-3-6-1-2-13(10,11)5-6/h6,12H,1-5H2,(H,8,9). The summed E-state index contributed by atoms with van der Waals surface area (Å²) in [5.74, 6) is 0.565. The molecule has 6 heteroatoms. The van der Waals surface area contributed by atoms with Gasteiger partial charge in [-0.25, -0.2) is 8.42 Å². The SMILES string of the molecule is O=C(CS)NCC1CCS(=O)(=O)C1. The molecule has 0 aromatic rings. The minimum Gasteiger partial charge on any atom is -0.355 e. The molecule has 1 amide bonds. The Bertz CT molecular complexity index is 286. The van der Waals surface area contributed by atoms with E-state index < -0.39 is 9.84 Å². The number of nitrogens with one attached hydrogen (secondary N) is 1. The van der Waals surface area contributed by atoms with E-state index in [9.17, 15) is 13.2 Å². The normalized spacial score (nSPS) is 25.8. The summed E-state index contributed by atoms with van der Waals surface area (Å²) in [7, 11) is -2.82. The van der Waals surface area contributed by atoms with Crippen LogP contribution in [0.1, 0.15) is 6.42 Å². The van der Waals surface area contributed by atoms with Crippen molar-refractivity contribution in [3.05, 3.63) is 0 Å². The lowest BCUT2D eigenvalue weighted by atomic mass is 10.1. The maximum absolute atomic E-state index is 11.0. The molecular formula is C7H13NO3S2. The number of rotatable bonds is 3. The molecule has 76 valence electrons. The summed E-state index contributed by atoms with van der Waals surface area (Å²) in [6, 6.07) is 0. The van der Waals surface area contributed by atoms with Crippen LogP contribution in [0.2, 0.25) is 0 Å². The van der Waals surface area contributed by atoms with Gasteiger partial charge in [-0.15, -0.1) is 0 Å². The molecule has 0 aliphatic carbocycles. The molecule has 1 aliphatic heterocycles. The minimum atomic E-state index is -2.82. The molecule has 4 nitrogen and oxygen atoms in total. The second-order valence-electron chi connectivity index (χ2n) is 3.23. The summed E-state index contributed by atoms with van der Waals surface area (Å²) in [4.78, 5) is 10.8. The quantitative estimate of drug-likeness (QED) is 0.632. The Morgan fingerprint density at radius 3 is 2.69 bits per heavy atom. The number of hydrogen-bond donors (Lipinski definition) is 2. The van der Waals surface area contributed by atoms with Gasteiger partial charge in [-0.1, -0.05) is 0 Å². The van der Waals surface area contributed by atoms with Crippen LogP contribution in [0.15, 0.2) is 0 Å². The molecular weight excluding hydrogens is 210 g/mol. The van der Waals surface area contributed by atoms with Crippen LogP contribution >= 0.6 is 12.6 Å². The lowest BCUT2D eigenvalue weighted by molar-refractivity contribution is -0.118. The topological polar surface area (TPSA) is 63.2 Å². The molecule has 0 saturated carbocycles. The number of carbonyl (C=O) groups excluding carboxylic acids is 1. The van der Waals surface area contributed by atoms with Gasteiger partial charge in [0.2, 0.25) is 5.91 Å². The van der Waals surface area contributed by atoms with Crippen molar-refractivity contribution in [2.75, 3.05) is 23.8 Å². The van der Waals surface area contributed by atoms with E-state index in [1.807, 2.05) is 0 Å². The van der Waals surface area contributed by atoms with Gasteiger partial charge in [0, 0.05) is 6.54 Å². The second-order valence-corrected chi connectivity index (χ2v) is 5.78. The molecule has 1 aliphatic rings. The van der Waals surface area contributed by atoms with Crippen LogP contribution < -0.4 is 5.32 Å². The largest absolute Gasteiger partial charge is 0.355 e. The van der Waals surface area contributed by atoms with Crippen LogP contribution in [0.3, 0.4) is 0 Å². The van der Waals surface area contributed by atoms with Crippen LogP contribution in [0, 0.1) is 5.92 Å². The second kappa shape index (κ2) is 4.32. The maximum atomic E-state index is 11.0. The molecule has 1 rings (SSSR count). The van der Waals surface area contributed by atoms with Gasteiger partial charge in [0.1, 0.15) is 0 Å². The molecule has 1 fully saturated rings. The van der Waals surface area contributed by atoms with Gasteiger partial charge in [0.05, 0.1) is 17.3 Å². The van der Waals surface area contributed by atoms with E-state index in [0.29, 0.717) is 13.0 Å². The molecule has 1 N–H and O–H groups in total. The first-order valence-electron chi connectivity index (χ1n) is 4.11. The first-order chi connectivity index (χ1) is 6.03. The van der Waals surface area contributed by atoms with Crippen LogP contribution in [0.5, 0.6) is 0 Å². The summed E-state index contributed by atoms with van der Waals surface area (Å²) in [5.41, 5.74) is 0. The molecule has 1 unspecified atom stereocenters. The number of amides is 1. The Morgan fingerprint density at radius 1 is 1.54 bits per heavy atom. The Balaban J connectivity index is 2.29. The van der Waals surface area contributed by atoms with E-state index in [4.69, 9.17) is 0 Å². The van der Waals surface area contributed by atoms with Crippen molar-refractivity contribution in [2.24, 2.45) is 5.92 Å². The zero-order valence-corrected chi connectivity index (χ0v) is 8.90. The predicted octanol–water partition coefficient (Wildman–Crippen LogP) is -0.533. The zero-order valence-electron chi connectivity index (χ0n) is 7.19. The van der Waals surface area contributed by atoms with Crippen molar-refractivity contribution in [3.8, 4) is 0 Å². The highest BCUT2D eigenvalue weighted by Crippen LogP contribution is 2.17. The molecule has 0 aromatic heterocycles. The van der Waals surface area contributed by atoms with Gasteiger partial charge in [0.25, 0.3) is 0 Å². The summed E-state index contributed by atoms with van der Waals surface area (Å²) in [6.07, 6.45) is 0.662. The van der Waals surface area contributed by atoms with Crippen LogP contribution in [0.25, 0.3) is 0 Å². The molecule has 1 atom stereocenters. The number of hydrogen-bond acceptors (Lipinski definition) is 4. The van der Waals surface area contributed by atoms with Crippen molar-refractivity contribution in [2.45, 2.75) is 6.42 Å². The average Bonchev–Trinajstić information content (AvgIpc) is 2.41. The summed E-state index contributed by atoms with van der Waals surface area (Å²) in [5, 5.41) is 2.63. The van der Waals surface area contributed by atoms with Gasteiger partial charge in [-0.05, 0) is 12.3 Å². The first kappa shape index (κ1) is 10.8. The van der Waals surface area contributed by atoms with Crippen LogP contribution in [0.4, 0.5) is 0 Å². The first-order valence-corrected chi connectivity index (χ1v) is 6.57. The van der Waals surface area contributed by atoms with E-state index in [2.05, 4.69) is 17.9 Å². The predicted molar refractivity (Wildman–Crippen MR) is 53.6 cm³/mol. The lowest BCUT2D eigenvalue weighted by Gasteiger charge is -2.07. The summed E-state index contributed by atoms with van der Waals surface area (Å²) < 4.78 is 22.1. The Kier molecular flexibility index (Phi) is 3.61. The third-order valence-corrected chi connectivity index (χ3v) is 4.18. The highest BCUT2D eigenvalue weighted by Gasteiger charge is 2.27. The third kappa shape index (κ3) is 3.56. The highest BCUT2D eigenvalue weighted by atomic mass is 32.2. The summed E-state index contributed by atoms with van der Waals surface area (Å²) in [6.45, 7) is 0.457. The van der Waals surface area contributed by atoms with Gasteiger partial charge in [-0.2, -0.15) is 12.6 Å². The van der Waals surface area contributed by atoms with Gasteiger partial charge < -0.3 is 5.32 Å². The molecule has 1 saturated heterocycles. The van der Waals surface area contributed by atoms with E-state index in [1.165, 1.54) is 0 Å². The average molecular weight is 223 g/mol. The molecule has 1 heterocycles. The van der Waals surface area contributed by atoms with Gasteiger partial charge >= 0.3 is 0 Å². The Labute approximate surface area is 83.4 Å². The van der Waals surface area contributed by atoms with Crippen LogP contribution in [-0.4, -0.2) is 38.1 Å². The van der Waals surface area contributed by atoms with Crippen molar-refractivity contribution in [3.63, 3.8) is 0 Å². The van der Waals surface area contributed by atoms with Crippen LogP contribution in [-0.2, 0) is 14.6 Å². The fourth-order valence-corrected chi connectivity index (χ4v) is 3.32. The fraction of sp³-hybridized carbons (Fsp3) is 0.857. The monoisotopic (exact) mass is 223 g/mol.